The Balaban J connectivity index is 1.91. The van der Waals surface area contributed by atoms with Crippen molar-refractivity contribution in [1.29, 1.82) is 0 Å². The number of carboxylic acids is 1. The lowest BCUT2D eigenvalue weighted by Gasteiger charge is -2.40. The molecule has 226 valence electrons. The van der Waals surface area contributed by atoms with Gasteiger partial charge in [-0.25, -0.2) is 0 Å². The van der Waals surface area contributed by atoms with Gasteiger partial charge in [0.15, 0.2) is 0 Å². The molecule has 2 heterocycles. The Hall–Kier alpha value is -2.53. The zero-order valence-electron chi connectivity index (χ0n) is 24.6. The summed E-state index contributed by atoms with van der Waals surface area (Å²) in [4.78, 5) is 34.6. The Morgan fingerprint density at radius 2 is 1.88 bits per heavy atom. The monoisotopic (exact) mass is 565 g/mol. The molecule has 0 aliphatic carbocycles. The first-order chi connectivity index (χ1) is 18.8. The number of esters is 1. The molecule has 2 saturated heterocycles. The van der Waals surface area contributed by atoms with Crippen LogP contribution >= 0.6 is 0 Å². The predicted molar refractivity (Wildman–Crippen MR) is 150 cm³/mol. The van der Waals surface area contributed by atoms with Crippen molar-refractivity contribution in [1.82, 2.24) is 5.32 Å². The molecule has 10 heteroatoms. The molecule has 0 spiro atoms. The van der Waals surface area contributed by atoms with Gasteiger partial charge in [0.25, 0.3) is 0 Å². The number of ether oxygens (including phenoxy) is 4. The van der Waals surface area contributed by atoms with Crippen LogP contribution in [-0.4, -0.2) is 83.4 Å². The zero-order chi connectivity index (χ0) is 29.9. The van der Waals surface area contributed by atoms with Gasteiger partial charge in [0.1, 0.15) is 6.10 Å². The summed E-state index contributed by atoms with van der Waals surface area (Å²) in [6.07, 6.45) is 8.99. The molecule has 3 N–H and O–H groups in total. The maximum Gasteiger partial charge on any atom is 0.305 e. The van der Waals surface area contributed by atoms with Crippen LogP contribution in [0.3, 0.4) is 0 Å². The smallest absolute Gasteiger partial charge is 0.305 e. The molecular formula is C30H47NO9. The molecule has 2 rings (SSSR count). The third-order valence-corrected chi connectivity index (χ3v) is 7.19. The fraction of sp³-hybridized carbons (Fsp3) is 0.700. The van der Waals surface area contributed by atoms with E-state index in [1.807, 2.05) is 32.9 Å². The summed E-state index contributed by atoms with van der Waals surface area (Å²) in [6, 6.07) is -0.130. The molecule has 2 aliphatic rings. The molecule has 40 heavy (non-hydrogen) atoms. The number of hydrogen-bond acceptors (Lipinski definition) is 8. The van der Waals surface area contributed by atoms with Gasteiger partial charge in [-0.15, -0.1) is 0 Å². The lowest BCUT2D eigenvalue weighted by atomic mass is 9.86. The molecule has 0 aromatic rings. The number of aliphatic hydroxyl groups is 1. The second kappa shape index (κ2) is 16.0. The van der Waals surface area contributed by atoms with Gasteiger partial charge in [0.05, 0.1) is 49.1 Å². The first kappa shape index (κ1) is 33.7. The number of aliphatic carboxylic acids is 1. The van der Waals surface area contributed by atoms with E-state index in [1.165, 1.54) is 13.0 Å². The second-order valence-electron chi connectivity index (χ2n) is 11.1. The number of rotatable bonds is 13. The highest BCUT2D eigenvalue weighted by Crippen LogP contribution is 2.32. The number of hydrogen-bond donors (Lipinski definition) is 3. The van der Waals surface area contributed by atoms with Gasteiger partial charge in [-0.3, -0.25) is 14.4 Å². The minimum absolute atomic E-state index is 0.00630. The fourth-order valence-electron chi connectivity index (χ4n) is 5.16. The Bertz CT molecular complexity index is 945. The molecule has 0 aromatic heterocycles. The highest BCUT2D eigenvalue weighted by atomic mass is 16.5. The highest BCUT2D eigenvalue weighted by Gasteiger charge is 2.40. The van der Waals surface area contributed by atoms with Gasteiger partial charge in [0.2, 0.25) is 5.91 Å². The van der Waals surface area contributed by atoms with Crippen LogP contribution in [0.4, 0.5) is 0 Å². The molecule has 2 fully saturated rings. The van der Waals surface area contributed by atoms with Crippen LogP contribution in [-0.2, 0) is 33.3 Å². The summed E-state index contributed by atoms with van der Waals surface area (Å²) in [5, 5.41) is 23.2. The van der Waals surface area contributed by atoms with Crippen molar-refractivity contribution in [3.05, 3.63) is 36.0 Å². The molecule has 0 unspecified atom stereocenters. The first-order valence-electron chi connectivity index (χ1n) is 14.1. The van der Waals surface area contributed by atoms with Crippen LogP contribution in [0, 0.1) is 5.92 Å². The SMILES string of the molecule is CCOC[C@]1(O)C[C@@H](CC(=O)O)O[C@H](/C=C/C(C)=C/C[C@@H]2O[C@H](C)[C@H](NC(=O)/C=C\[C@H](C)OC(C)=O)C[C@@H]2C)C1. The summed E-state index contributed by atoms with van der Waals surface area (Å²) >= 11 is 0. The maximum atomic E-state index is 12.3. The molecular weight excluding hydrogens is 518 g/mol. The van der Waals surface area contributed by atoms with Gasteiger partial charge in [-0.1, -0.05) is 30.7 Å². The zero-order valence-corrected chi connectivity index (χ0v) is 24.6. The number of allylic oxidation sites excluding steroid dienone is 2. The van der Waals surface area contributed by atoms with E-state index in [0.29, 0.717) is 19.4 Å². The van der Waals surface area contributed by atoms with E-state index in [1.54, 1.807) is 13.0 Å². The first-order valence-corrected chi connectivity index (χ1v) is 14.1. The predicted octanol–water partition coefficient (Wildman–Crippen LogP) is 3.48. The number of nitrogens with one attached hydrogen (secondary N) is 1. The average Bonchev–Trinajstić information content (AvgIpc) is 2.85. The van der Waals surface area contributed by atoms with Crippen molar-refractivity contribution in [2.75, 3.05) is 13.2 Å². The van der Waals surface area contributed by atoms with Gasteiger partial charge >= 0.3 is 11.9 Å². The summed E-state index contributed by atoms with van der Waals surface area (Å²) in [7, 11) is 0. The molecule has 1 amide bonds. The third kappa shape index (κ3) is 11.9. The van der Waals surface area contributed by atoms with E-state index in [2.05, 4.69) is 18.3 Å². The molecule has 0 saturated carbocycles. The van der Waals surface area contributed by atoms with Gasteiger partial charge < -0.3 is 34.5 Å². The van der Waals surface area contributed by atoms with E-state index < -0.39 is 35.9 Å². The van der Waals surface area contributed by atoms with Crippen molar-refractivity contribution < 1.29 is 43.5 Å². The second-order valence-corrected chi connectivity index (χ2v) is 11.1. The Morgan fingerprint density at radius 3 is 2.52 bits per heavy atom. The standard InChI is InChI=1S/C30H47NO9/c1-7-37-18-30(36)16-24(40-25(17-30)15-29(34)35)11-8-19(2)9-12-27-20(3)14-26(22(5)39-27)31-28(33)13-10-21(4)38-23(6)32/h8-11,13,20-22,24-27,36H,7,12,14-18H2,1-6H3,(H,31,33)(H,34,35)/b11-8+,13-10-,19-9+/t20-,21-,22+,24+,25+,26+,27-,30+/m0/s1. The van der Waals surface area contributed by atoms with Crippen LogP contribution in [0.25, 0.3) is 0 Å². The largest absolute Gasteiger partial charge is 0.481 e. The topological polar surface area (TPSA) is 141 Å². The van der Waals surface area contributed by atoms with Gasteiger partial charge in [0, 0.05) is 32.4 Å². The number of carbonyl (C=O) groups excluding carboxylic acids is 2. The van der Waals surface area contributed by atoms with Gasteiger partial charge in [-0.2, -0.15) is 0 Å². The van der Waals surface area contributed by atoms with E-state index in [4.69, 9.17) is 18.9 Å². The molecule has 8 atom stereocenters. The molecule has 0 aromatic carbocycles. The van der Waals surface area contributed by atoms with Crippen molar-refractivity contribution in [2.45, 2.75) is 116 Å². The van der Waals surface area contributed by atoms with Gasteiger partial charge in [-0.05, 0) is 52.5 Å². The molecule has 0 bridgehead atoms. The van der Waals surface area contributed by atoms with Crippen molar-refractivity contribution in [3.8, 4) is 0 Å². The summed E-state index contributed by atoms with van der Waals surface area (Å²) in [5.41, 5.74) is -0.131. The Labute approximate surface area is 237 Å². The molecule has 0 radical (unpaired) electrons. The maximum absolute atomic E-state index is 12.3. The number of carbonyl (C=O) groups is 3. The van der Waals surface area contributed by atoms with E-state index in [9.17, 15) is 24.6 Å². The minimum atomic E-state index is -1.13. The summed E-state index contributed by atoms with van der Waals surface area (Å²) in [6.45, 7) is 11.5. The number of carboxylic acid groups (broad SMARTS) is 1. The minimum Gasteiger partial charge on any atom is -0.481 e. The van der Waals surface area contributed by atoms with E-state index in [0.717, 1.165) is 12.0 Å². The van der Waals surface area contributed by atoms with Crippen molar-refractivity contribution >= 4 is 17.8 Å². The highest BCUT2D eigenvalue weighted by molar-refractivity contribution is 5.87. The van der Waals surface area contributed by atoms with Crippen LogP contribution in [0.15, 0.2) is 36.0 Å². The van der Waals surface area contributed by atoms with E-state index in [-0.39, 0.29) is 49.5 Å². The molecule has 10 nitrogen and oxygen atoms in total. The average molecular weight is 566 g/mol. The van der Waals surface area contributed by atoms with Crippen LogP contribution in [0.5, 0.6) is 0 Å². The van der Waals surface area contributed by atoms with Crippen LogP contribution in [0.2, 0.25) is 0 Å². The van der Waals surface area contributed by atoms with Crippen molar-refractivity contribution in [2.24, 2.45) is 5.92 Å². The lowest BCUT2D eigenvalue weighted by molar-refractivity contribution is -0.164. The van der Waals surface area contributed by atoms with Crippen LogP contribution in [0.1, 0.15) is 73.6 Å². The normalized spacial score (nSPS) is 32.2. The summed E-state index contributed by atoms with van der Waals surface area (Å²) < 4.78 is 22.6. The van der Waals surface area contributed by atoms with Crippen LogP contribution < -0.4 is 5.32 Å². The Morgan fingerprint density at radius 1 is 1.15 bits per heavy atom. The number of amides is 1. The van der Waals surface area contributed by atoms with E-state index >= 15 is 0 Å². The lowest BCUT2D eigenvalue weighted by Crippen LogP contribution is -2.50. The fourth-order valence-corrected chi connectivity index (χ4v) is 5.16. The third-order valence-electron chi connectivity index (χ3n) is 7.19. The quantitative estimate of drug-likeness (QED) is 0.174. The summed E-state index contributed by atoms with van der Waals surface area (Å²) in [5.74, 6) is -1.41. The molecule has 2 aliphatic heterocycles. The Kier molecular flexibility index (Phi) is 13.5. The van der Waals surface area contributed by atoms with Crippen molar-refractivity contribution in [3.63, 3.8) is 0 Å².